The van der Waals surface area contributed by atoms with Crippen LogP contribution in [0, 0.1) is 5.92 Å². The predicted octanol–water partition coefficient (Wildman–Crippen LogP) is 4.48. The lowest BCUT2D eigenvalue weighted by atomic mass is 10.0. The fourth-order valence-corrected chi connectivity index (χ4v) is 3.34. The van der Waals surface area contributed by atoms with Gasteiger partial charge in [-0.2, -0.15) is 0 Å². The van der Waals surface area contributed by atoms with Gasteiger partial charge < -0.3 is 10.6 Å². The van der Waals surface area contributed by atoms with Crippen LogP contribution in [0.3, 0.4) is 0 Å². The quantitative estimate of drug-likeness (QED) is 0.623. The topological polar surface area (TPSA) is 71.1 Å². The van der Waals surface area contributed by atoms with Crippen LogP contribution in [-0.2, 0) is 16.0 Å². The first-order valence-electron chi connectivity index (χ1n) is 8.79. The summed E-state index contributed by atoms with van der Waals surface area (Å²) in [6.45, 7) is 1.66. The molecular formula is C21H19Cl2N3O2. The maximum atomic E-state index is 12.3. The summed E-state index contributed by atoms with van der Waals surface area (Å²) in [5.41, 5.74) is 2.15. The molecule has 0 saturated heterocycles. The van der Waals surface area contributed by atoms with E-state index in [1.54, 1.807) is 37.4 Å². The monoisotopic (exact) mass is 415 g/mol. The molecule has 2 amide bonds. The second-order valence-corrected chi connectivity index (χ2v) is 7.33. The Labute approximate surface area is 173 Å². The van der Waals surface area contributed by atoms with E-state index in [1.807, 2.05) is 24.3 Å². The normalized spacial score (nSPS) is 11.8. The summed E-state index contributed by atoms with van der Waals surface area (Å²) >= 11 is 12.0. The zero-order chi connectivity index (χ0) is 20.1. The van der Waals surface area contributed by atoms with Gasteiger partial charge in [0.15, 0.2) is 0 Å². The molecule has 0 spiro atoms. The molecule has 3 aromatic rings. The molecule has 1 heterocycles. The summed E-state index contributed by atoms with van der Waals surface area (Å²) in [6, 6.07) is 14.5. The number of nitrogens with one attached hydrogen (secondary N) is 2. The Morgan fingerprint density at radius 1 is 1.11 bits per heavy atom. The second kappa shape index (κ2) is 9.04. The number of para-hydroxylation sites is 1. The molecule has 1 unspecified atom stereocenters. The van der Waals surface area contributed by atoms with Gasteiger partial charge in [0.05, 0.1) is 17.7 Å². The number of hydrogen-bond acceptors (Lipinski definition) is 3. The second-order valence-electron chi connectivity index (χ2n) is 6.49. The number of nitrogens with zero attached hydrogens (tertiary/aromatic N) is 1. The molecule has 28 heavy (non-hydrogen) atoms. The number of anilines is 1. The van der Waals surface area contributed by atoms with E-state index < -0.39 is 0 Å². The van der Waals surface area contributed by atoms with Gasteiger partial charge in [0.25, 0.3) is 0 Å². The highest BCUT2D eigenvalue weighted by molar-refractivity contribution is 6.35. The van der Waals surface area contributed by atoms with Gasteiger partial charge in [-0.3, -0.25) is 14.6 Å². The summed E-state index contributed by atoms with van der Waals surface area (Å²) in [5, 5.41) is 7.45. The Hall–Kier alpha value is -2.63. The number of halogens is 2. The molecular weight excluding hydrogens is 397 g/mol. The van der Waals surface area contributed by atoms with Crippen molar-refractivity contribution in [3.63, 3.8) is 0 Å². The average Bonchev–Trinajstić information content (AvgIpc) is 2.68. The first kappa shape index (κ1) is 20.1. The van der Waals surface area contributed by atoms with Gasteiger partial charge >= 0.3 is 0 Å². The lowest BCUT2D eigenvalue weighted by Crippen LogP contribution is -2.36. The highest BCUT2D eigenvalue weighted by Gasteiger charge is 2.16. The van der Waals surface area contributed by atoms with Crippen molar-refractivity contribution in [2.75, 3.05) is 11.9 Å². The van der Waals surface area contributed by atoms with E-state index in [-0.39, 0.29) is 24.3 Å². The highest BCUT2D eigenvalue weighted by atomic mass is 35.5. The van der Waals surface area contributed by atoms with Crippen LogP contribution < -0.4 is 10.6 Å². The van der Waals surface area contributed by atoms with Crippen molar-refractivity contribution in [1.29, 1.82) is 0 Å². The zero-order valence-corrected chi connectivity index (χ0v) is 16.7. The van der Waals surface area contributed by atoms with Gasteiger partial charge in [-0.15, -0.1) is 0 Å². The number of carbonyl (C=O) groups is 2. The number of benzene rings is 2. The third kappa shape index (κ3) is 5.00. The highest BCUT2D eigenvalue weighted by Crippen LogP contribution is 2.23. The molecule has 0 fully saturated rings. The van der Waals surface area contributed by atoms with Crippen LogP contribution in [0.25, 0.3) is 10.9 Å². The van der Waals surface area contributed by atoms with Gasteiger partial charge in [0.2, 0.25) is 11.8 Å². The van der Waals surface area contributed by atoms with Gasteiger partial charge in [0, 0.05) is 27.5 Å². The Balaban J connectivity index is 1.55. The van der Waals surface area contributed by atoms with Crippen molar-refractivity contribution >= 4 is 51.6 Å². The summed E-state index contributed by atoms with van der Waals surface area (Å²) in [4.78, 5) is 28.9. The van der Waals surface area contributed by atoms with Crippen molar-refractivity contribution in [3.8, 4) is 0 Å². The number of pyridine rings is 1. The minimum Gasteiger partial charge on any atom is -0.347 e. The Morgan fingerprint density at radius 3 is 2.68 bits per heavy atom. The zero-order valence-electron chi connectivity index (χ0n) is 15.2. The van der Waals surface area contributed by atoms with E-state index in [0.717, 1.165) is 10.9 Å². The van der Waals surface area contributed by atoms with Crippen LogP contribution in [-0.4, -0.2) is 23.3 Å². The number of hydrogen-bond donors (Lipinski definition) is 2. The molecule has 0 aliphatic heterocycles. The van der Waals surface area contributed by atoms with Gasteiger partial charge in [0.1, 0.15) is 0 Å². The smallest absolute Gasteiger partial charge is 0.243 e. The molecule has 3 rings (SSSR count). The molecule has 1 aromatic heterocycles. The number of fused-ring (bicyclic) bond motifs is 1. The minimum absolute atomic E-state index is 0.124. The first-order chi connectivity index (χ1) is 13.4. The third-order valence-electron chi connectivity index (χ3n) is 4.32. The van der Waals surface area contributed by atoms with Crippen LogP contribution in [0.2, 0.25) is 10.0 Å². The molecule has 5 nitrogen and oxygen atoms in total. The van der Waals surface area contributed by atoms with Crippen molar-refractivity contribution in [3.05, 3.63) is 70.3 Å². The number of aromatic nitrogens is 1. The molecule has 0 aliphatic rings. The number of amides is 2. The summed E-state index contributed by atoms with van der Waals surface area (Å²) in [6.07, 6.45) is 2.13. The molecule has 144 valence electrons. The third-order valence-corrected chi connectivity index (χ3v) is 4.91. The number of rotatable bonds is 6. The summed E-state index contributed by atoms with van der Waals surface area (Å²) in [5.74, 6) is -0.883. The van der Waals surface area contributed by atoms with Crippen LogP contribution in [0.5, 0.6) is 0 Å². The minimum atomic E-state index is -0.342. The lowest BCUT2D eigenvalue weighted by molar-refractivity contribution is -0.126. The molecule has 0 aliphatic carbocycles. The lowest BCUT2D eigenvalue weighted by Gasteiger charge is -2.14. The van der Waals surface area contributed by atoms with E-state index >= 15 is 0 Å². The molecule has 0 radical (unpaired) electrons. The largest absolute Gasteiger partial charge is 0.347 e. The standard InChI is InChI=1S/C21H19Cl2N3O2/c1-13(10-15-7-8-16(22)11-17(15)23)21(28)25-12-19(27)26-18-6-2-4-14-5-3-9-24-20(14)18/h2-9,11,13H,10,12H2,1H3,(H,25,28)(H,26,27). The van der Waals surface area contributed by atoms with Crippen LogP contribution in [0.1, 0.15) is 12.5 Å². The molecule has 0 bridgehead atoms. The van der Waals surface area contributed by atoms with E-state index in [1.165, 1.54) is 0 Å². The maximum absolute atomic E-state index is 12.3. The summed E-state index contributed by atoms with van der Waals surface area (Å²) in [7, 11) is 0. The van der Waals surface area contributed by atoms with Gasteiger partial charge in [-0.1, -0.05) is 54.4 Å². The van der Waals surface area contributed by atoms with Crippen molar-refractivity contribution in [1.82, 2.24) is 10.3 Å². The van der Waals surface area contributed by atoms with Crippen molar-refractivity contribution in [2.45, 2.75) is 13.3 Å². The van der Waals surface area contributed by atoms with Gasteiger partial charge in [-0.25, -0.2) is 0 Å². The Bertz CT molecular complexity index is 1020. The van der Waals surface area contributed by atoms with E-state index in [0.29, 0.717) is 27.7 Å². The van der Waals surface area contributed by atoms with E-state index in [2.05, 4.69) is 15.6 Å². The van der Waals surface area contributed by atoms with Crippen LogP contribution in [0.15, 0.2) is 54.7 Å². The molecule has 1 atom stereocenters. The fraction of sp³-hybridized carbons (Fsp3) is 0.190. The van der Waals surface area contributed by atoms with Crippen LogP contribution >= 0.6 is 23.2 Å². The molecule has 2 N–H and O–H groups in total. The fourth-order valence-electron chi connectivity index (χ4n) is 2.85. The number of carbonyl (C=O) groups excluding carboxylic acids is 2. The SMILES string of the molecule is CC(Cc1ccc(Cl)cc1Cl)C(=O)NCC(=O)Nc1cccc2cccnc12. The van der Waals surface area contributed by atoms with Crippen LogP contribution in [0.4, 0.5) is 5.69 Å². The Kier molecular flexibility index (Phi) is 6.49. The van der Waals surface area contributed by atoms with E-state index in [9.17, 15) is 9.59 Å². The molecule has 2 aromatic carbocycles. The first-order valence-corrected chi connectivity index (χ1v) is 9.55. The molecule has 0 saturated carbocycles. The van der Waals surface area contributed by atoms with Gasteiger partial charge in [-0.05, 0) is 36.2 Å². The van der Waals surface area contributed by atoms with Crippen molar-refractivity contribution in [2.24, 2.45) is 5.92 Å². The van der Waals surface area contributed by atoms with E-state index in [4.69, 9.17) is 23.2 Å². The molecule has 7 heteroatoms. The van der Waals surface area contributed by atoms with Crippen molar-refractivity contribution < 1.29 is 9.59 Å². The Morgan fingerprint density at radius 2 is 1.89 bits per heavy atom. The summed E-state index contributed by atoms with van der Waals surface area (Å²) < 4.78 is 0. The average molecular weight is 416 g/mol. The maximum Gasteiger partial charge on any atom is 0.243 e. The predicted molar refractivity (Wildman–Crippen MR) is 113 cm³/mol.